The van der Waals surface area contributed by atoms with Gasteiger partial charge in [0.05, 0.1) is 16.8 Å². The number of nitrogens with zero attached hydrogens (tertiary/aromatic N) is 3. The standard InChI is InChI=1S/C22H27N3O2/c26-21-6-3-11-25(21)12-9-18-10-13-27-22(18)15-24(16-22)14-19-8-7-17-4-1-2-5-20(17)23-19/h1-2,4-5,7-8,18H,3,6,9-16H2/t18-/m0/s1. The second-order valence-corrected chi connectivity index (χ2v) is 8.31. The Morgan fingerprint density at radius 1 is 1.19 bits per heavy atom. The summed E-state index contributed by atoms with van der Waals surface area (Å²) in [7, 11) is 0. The van der Waals surface area contributed by atoms with Gasteiger partial charge in [0.15, 0.2) is 0 Å². The Morgan fingerprint density at radius 2 is 2.07 bits per heavy atom. The molecule has 1 amide bonds. The number of hydrogen-bond donors (Lipinski definition) is 0. The first-order valence-electron chi connectivity index (χ1n) is 10.2. The summed E-state index contributed by atoms with van der Waals surface area (Å²) in [6, 6.07) is 12.6. The number of benzene rings is 1. The largest absolute Gasteiger partial charge is 0.372 e. The molecule has 1 spiro atoms. The molecule has 5 rings (SSSR count). The van der Waals surface area contributed by atoms with Crippen LogP contribution in [0.2, 0.25) is 0 Å². The molecule has 5 heteroatoms. The van der Waals surface area contributed by atoms with Crippen LogP contribution in [0.15, 0.2) is 36.4 Å². The van der Waals surface area contributed by atoms with Crippen LogP contribution in [0.4, 0.5) is 0 Å². The zero-order valence-corrected chi connectivity index (χ0v) is 15.8. The molecule has 0 bridgehead atoms. The zero-order valence-electron chi connectivity index (χ0n) is 15.8. The van der Waals surface area contributed by atoms with Crippen LogP contribution in [0.3, 0.4) is 0 Å². The van der Waals surface area contributed by atoms with Gasteiger partial charge in [-0.05, 0) is 37.3 Å². The predicted octanol–water partition coefficient (Wildman–Crippen LogP) is 2.84. The number of para-hydroxylation sites is 1. The second-order valence-electron chi connectivity index (χ2n) is 8.31. The lowest BCUT2D eigenvalue weighted by molar-refractivity contribution is -0.139. The molecule has 142 valence electrons. The van der Waals surface area contributed by atoms with Gasteiger partial charge in [-0.1, -0.05) is 24.3 Å². The maximum atomic E-state index is 11.9. The molecule has 0 unspecified atom stereocenters. The fourth-order valence-corrected chi connectivity index (χ4v) is 5.04. The van der Waals surface area contributed by atoms with Crippen molar-refractivity contribution < 1.29 is 9.53 Å². The van der Waals surface area contributed by atoms with E-state index in [2.05, 4.69) is 35.2 Å². The van der Waals surface area contributed by atoms with E-state index in [1.807, 2.05) is 11.0 Å². The molecule has 2 aromatic rings. The van der Waals surface area contributed by atoms with Crippen molar-refractivity contribution in [1.29, 1.82) is 0 Å². The van der Waals surface area contributed by atoms with E-state index in [9.17, 15) is 4.79 Å². The highest BCUT2D eigenvalue weighted by Crippen LogP contribution is 2.42. The summed E-state index contributed by atoms with van der Waals surface area (Å²) in [6.45, 7) is 5.56. The minimum Gasteiger partial charge on any atom is -0.372 e. The molecule has 4 heterocycles. The van der Waals surface area contributed by atoms with Gasteiger partial charge in [0.25, 0.3) is 0 Å². The number of aromatic nitrogens is 1. The van der Waals surface area contributed by atoms with Crippen molar-refractivity contribution in [3.63, 3.8) is 0 Å². The first-order chi connectivity index (χ1) is 13.2. The Balaban J connectivity index is 1.18. The molecule has 1 aromatic heterocycles. The summed E-state index contributed by atoms with van der Waals surface area (Å²) >= 11 is 0. The Morgan fingerprint density at radius 3 is 2.93 bits per heavy atom. The summed E-state index contributed by atoms with van der Waals surface area (Å²) in [5.41, 5.74) is 2.20. The van der Waals surface area contributed by atoms with Crippen molar-refractivity contribution in [3.8, 4) is 0 Å². The molecular weight excluding hydrogens is 338 g/mol. The Labute approximate surface area is 160 Å². The molecule has 1 atom stereocenters. The van der Waals surface area contributed by atoms with E-state index >= 15 is 0 Å². The van der Waals surface area contributed by atoms with E-state index in [0.717, 1.165) is 76.2 Å². The third-order valence-corrected chi connectivity index (χ3v) is 6.54. The third kappa shape index (κ3) is 3.23. The average Bonchev–Trinajstić information content (AvgIpc) is 3.26. The van der Waals surface area contributed by atoms with Crippen LogP contribution in [0.5, 0.6) is 0 Å². The maximum Gasteiger partial charge on any atom is 0.222 e. The quantitative estimate of drug-likeness (QED) is 0.817. The number of carbonyl (C=O) groups is 1. The van der Waals surface area contributed by atoms with Crippen LogP contribution in [0.1, 0.15) is 31.4 Å². The van der Waals surface area contributed by atoms with E-state index in [-0.39, 0.29) is 5.60 Å². The van der Waals surface area contributed by atoms with Gasteiger partial charge in [-0.15, -0.1) is 0 Å². The first kappa shape index (κ1) is 17.1. The second kappa shape index (κ2) is 6.88. The highest BCUT2D eigenvalue weighted by Gasteiger charge is 2.52. The monoisotopic (exact) mass is 365 g/mol. The number of pyridine rings is 1. The summed E-state index contributed by atoms with van der Waals surface area (Å²) in [5.74, 6) is 0.910. The van der Waals surface area contributed by atoms with Gasteiger partial charge in [-0.25, -0.2) is 0 Å². The number of carbonyl (C=O) groups excluding carboxylic acids is 1. The molecule has 0 radical (unpaired) electrons. The van der Waals surface area contributed by atoms with Crippen molar-refractivity contribution in [3.05, 3.63) is 42.1 Å². The molecule has 3 fully saturated rings. The minimum absolute atomic E-state index is 0.0135. The van der Waals surface area contributed by atoms with Gasteiger partial charge >= 0.3 is 0 Å². The lowest BCUT2D eigenvalue weighted by atomic mass is 9.78. The SMILES string of the molecule is O=C1CCCN1CC[C@H]1CCOC12CN(Cc1ccc3ccccc3n1)C2. The summed E-state index contributed by atoms with van der Waals surface area (Å²) in [5, 5.41) is 1.19. The molecule has 3 saturated heterocycles. The first-order valence-corrected chi connectivity index (χ1v) is 10.2. The molecule has 0 saturated carbocycles. The van der Waals surface area contributed by atoms with Crippen molar-refractivity contribution >= 4 is 16.8 Å². The van der Waals surface area contributed by atoms with Crippen LogP contribution < -0.4 is 0 Å². The van der Waals surface area contributed by atoms with Gasteiger partial charge in [-0.2, -0.15) is 0 Å². The fraction of sp³-hybridized carbons (Fsp3) is 0.545. The van der Waals surface area contributed by atoms with Crippen LogP contribution in [-0.4, -0.2) is 59.1 Å². The zero-order chi connectivity index (χ0) is 18.3. The maximum absolute atomic E-state index is 11.9. The predicted molar refractivity (Wildman–Crippen MR) is 104 cm³/mol. The van der Waals surface area contributed by atoms with Gasteiger partial charge in [-0.3, -0.25) is 14.7 Å². The van der Waals surface area contributed by atoms with Gasteiger partial charge in [0.2, 0.25) is 5.91 Å². The smallest absolute Gasteiger partial charge is 0.222 e. The molecule has 0 N–H and O–H groups in total. The minimum atomic E-state index is 0.0135. The number of fused-ring (bicyclic) bond motifs is 1. The normalized spacial score (nSPS) is 24.8. The van der Waals surface area contributed by atoms with Crippen molar-refractivity contribution in [2.24, 2.45) is 5.92 Å². The molecular formula is C22H27N3O2. The molecule has 1 aromatic carbocycles. The number of hydrogen-bond acceptors (Lipinski definition) is 4. The van der Waals surface area contributed by atoms with Crippen LogP contribution >= 0.6 is 0 Å². The summed E-state index contributed by atoms with van der Waals surface area (Å²) in [6.07, 6.45) is 3.97. The molecule has 3 aliphatic rings. The van der Waals surface area contributed by atoms with E-state index in [1.165, 1.54) is 5.39 Å². The van der Waals surface area contributed by atoms with Crippen LogP contribution in [0.25, 0.3) is 10.9 Å². The van der Waals surface area contributed by atoms with Crippen molar-refractivity contribution in [2.75, 3.05) is 32.8 Å². The molecule has 27 heavy (non-hydrogen) atoms. The van der Waals surface area contributed by atoms with Crippen LogP contribution in [-0.2, 0) is 16.1 Å². The summed E-state index contributed by atoms with van der Waals surface area (Å²) < 4.78 is 6.20. The molecule has 3 aliphatic heterocycles. The highest BCUT2D eigenvalue weighted by atomic mass is 16.5. The molecule has 0 aliphatic carbocycles. The lowest BCUT2D eigenvalue weighted by Gasteiger charge is -2.50. The Hall–Kier alpha value is -1.98. The lowest BCUT2D eigenvalue weighted by Crippen LogP contribution is -2.64. The number of amides is 1. The Bertz CT molecular complexity index is 846. The van der Waals surface area contributed by atoms with Gasteiger partial charge in [0.1, 0.15) is 0 Å². The topological polar surface area (TPSA) is 45.7 Å². The Kier molecular flexibility index (Phi) is 4.37. The number of ether oxygens (including phenoxy) is 1. The fourth-order valence-electron chi connectivity index (χ4n) is 5.04. The molecule has 5 nitrogen and oxygen atoms in total. The highest BCUT2D eigenvalue weighted by molar-refractivity contribution is 5.78. The van der Waals surface area contributed by atoms with E-state index in [0.29, 0.717) is 11.8 Å². The number of rotatable bonds is 5. The summed E-state index contributed by atoms with van der Waals surface area (Å²) in [4.78, 5) is 21.1. The van der Waals surface area contributed by atoms with Crippen LogP contribution in [0, 0.1) is 5.92 Å². The van der Waals surface area contributed by atoms with Crippen molar-refractivity contribution in [2.45, 2.75) is 37.8 Å². The van der Waals surface area contributed by atoms with Crippen molar-refractivity contribution in [1.82, 2.24) is 14.8 Å². The van der Waals surface area contributed by atoms with E-state index < -0.39 is 0 Å². The van der Waals surface area contributed by atoms with E-state index in [1.54, 1.807) is 0 Å². The van der Waals surface area contributed by atoms with Gasteiger partial charge in [0, 0.05) is 51.1 Å². The third-order valence-electron chi connectivity index (χ3n) is 6.54. The van der Waals surface area contributed by atoms with Gasteiger partial charge < -0.3 is 9.64 Å². The average molecular weight is 365 g/mol. The number of likely N-dealkylation sites (tertiary alicyclic amines) is 2. The van der Waals surface area contributed by atoms with E-state index in [4.69, 9.17) is 9.72 Å².